The second-order valence-corrected chi connectivity index (χ2v) is 7.43. The number of carbonyl (C=O) groups is 1. The van der Waals surface area contributed by atoms with Gasteiger partial charge in [-0.2, -0.15) is 0 Å². The first kappa shape index (κ1) is 21.9. The summed E-state index contributed by atoms with van der Waals surface area (Å²) in [5.41, 5.74) is 0.990. The van der Waals surface area contributed by atoms with E-state index in [0.717, 1.165) is 21.4 Å². The van der Waals surface area contributed by atoms with E-state index in [1.54, 1.807) is 12.1 Å². The molecule has 1 heterocycles. The smallest absolute Gasteiger partial charge is 0.302 e. The van der Waals surface area contributed by atoms with E-state index in [9.17, 15) is 14.9 Å². The van der Waals surface area contributed by atoms with Gasteiger partial charge in [-0.15, -0.1) is 0 Å². The maximum absolute atomic E-state index is 11.1. The Balaban J connectivity index is 2.22. The summed E-state index contributed by atoms with van der Waals surface area (Å²) in [6.45, 7) is 8.98. The van der Waals surface area contributed by atoms with Crippen LogP contribution in [0.25, 0.3) is 0 Å². The lowest BCUT2D eigenvalue weighted by Crippen LogP contribution is -2.10. The summed E-state index contributed by atoms with van der Waals surface area (Å²) >= 11 is 1.46. The van der Waals surface area contributed by atoms with Crippen LogP contribution in [0.3, 0.4) is 0 Å². The fourth-order valence-corrected chi connectivity index (χ4v) is 3.88. The highest BCUT2D eigenvalue weighted by atomic mass is 32.2. The molecule has 0 bridgehead atoms. The van der Waals surface area contributed by atoms with Gasteiger partial charge in [-0.25, -0.2) is 4.98 Å². The summed E-state index contributed by atoms with van der Waals surface area (Å²) in [5, 5.41) is 12.0. The monoisotopic (exact) mass is 407 g/mol. The molecule has 2 aromatic rings. The summed E-state index contributed by atoms with van der Waals surface area (Å²) in [6, 6.07) is 6.58. The summed E-state index contributed by atoms with van der Waals surface area (Å²) in [4.78, 5) is 27.0. The van der Waals surface area contributed by atoms with Crippen LogP contribution >= 0.6 is 11.8 Å². The topological polar surface area (TPSA) is 96.5 Å². The zero-order valence-electron chi connectivity index (χ0n) is 16.5. The van der Waals surface area contributed by atoms with E-state index in [4.69, 9.17) is 14.5 Å². The molecular weight excluding hydrogens is 382 g/mol. The number of aromatic nitrogens is 2. The van der Waals surface area contributed by atoms with Gasteiger partial charge < -0.3 is 14.0 Å². The van der Waals surface area contributed by atoms with Crippen LogP contribution in [0.2, 0.25) is 0 Å². The molecule has 0 N–H and O–H groups in total. The molecule has 0 atom stereocenters. The second kappa shape index (κ2) is 10.2. The number of rotatable bonds is 10. The van der Waals surface area contributed by atoms with Crippen molar-refractivity contribution in [2.45, 2.75) is 56.7 Å². The fraction of sp³-hybridized carbons (Fsp3) is 0.474. The Morgan fingerprint density at radius 1 is 1.36 bits per heavy atom. The lowest BCUT2D eigenvalue weighted by atomic mass is 10.1. The summed E-state index contributed by atoms with van der Waals surface area (Å²) in [5.74, 6) is 0.632. The SMILES string of the molecule is CCn1c(COCCOC(C)=O)nc(C(C)C)c1Sc1cccc([N+](=O)[O-])c1. The lowest BCUT2D eigenvalue weighted by molar-refractivity contribution is -0.385. The van der Waals surface area contributed by atoms with Crippen molar-refractivity contribution in [1.82, 2.24) is 9.55 Å². The van der Waals surface area contributed by atoms with Crippen LogP contribution in [0, 0.1) is 10.1 Å². The molecule has 0 amide bonds. The Labute approximate surface area is 168 Å². The van der Waals surface area contributed by atoms with Gasteiger partial charge in [0.25, 0.3) is 5.69 Å². The van der Waals surface area contributed by atoms with E-state index in [1.807, 2.05) is 13.0 Å². The number of nitrogens with zero attached hydrogens (tertiary/aromatic N) is 3. The lowest BCUT2D eigenvalue weighted by Gasteiger charge is -2.11. The molecule has 152 valence electrons. The number of esters is 1. The van der Waals surface area contributed by atoms with Gasteiger partial charge in [0.05, 0.1) is 17.2 Å². The Kier molecular flexibility index (Phi) is 8.01. The number of benzene rings is 1. The van der Waals surface area contributed by atoms with Crippen molar-refractivity contribution >= 4 is 23.4 Å². The standard InChI is InChI=1S/C19H25N3O5S/c1-5-21-17(12-26-9-10-27-14(4)23)20-18(13(2)3)19(21)28-16-8-6-7-15(11-16)22(24)25/h6-8,11,13H,5,9-10,12H2,1-4H3. The maximum atomic E-state index is 11.1. The van der Waals surface area contributed by atoms with Crippen molar-refractivity contribution in [2.75, 3.05) is 13.2 Å². The van der Waals surface area contributed by atoms with E-state index in [0.29, 0.717) is 19.8 Å². The highest BCUT2D eigenvalue weighted by molar-refractivity contribution is 7.99. The third-order valence-electron chi connectivity index (χ3n) is 3.90. The minimum absolute atomic E-state index is 0.0627. The molecule has 0 spiro atoms. The number of imidazole rings is 1. The van der Waals surface area contributed by atoms with Gasteiger partial charge >= 0.3 is 5.97 Å². The zero-order valence-corrected chi connectivity index (χ0v) is 17.3. The Hall–Kier alpha value is -2.39. The molecule has 0 saturated heterocycles. The minimum Gasteiger partial charge on any atom is -0.463 e. The quantitative estimate of drug-likeness (QED) is 0.252. The molecule has 8 nitrogen and oxygen atoms in total. The van der Waals surface area contributed by atoms with Crippen molar-refractivity contribution in [3.63, 3.8) is 0 Å². The van der Waals surface area contributed by atoms with E-state index in [2.05, 4.69) is 18.4 Å². The van der Waals surface area contributed by atoms with Crippen LogP contribution in [-0.4, -0.2) is 33.7 Å². The third kappa shape index (κ3) is 5.80. The number of carbonyl (C=O) groups excluding carboxylic acids is 1. The number of hydrogen-bond acceptors (Lipinski definition) is 7. The van der Waals surface area contributed by atoms with Gasteiger partial charge in [0.2, 0.25) is 0 Å². The van der Waals surface area contributed by atoms with Crippen molar-refractivity contribution in [3.8, 4) is 0 Å². The van der Waals surface area contributed by atoms with E-state index in [1.165, 1.54) is 24.8 Å². The first-order valence-electron chi connectivity index (χ1n) is 9.06. The molecule has 0 saturated carbocycles. The van der Waals surface area contributed by atoms with E-state index >= 15 is 0 Å². The molecule has 0 fully saturated rings. The Bertz CT molecular complexity index is 835. The third-order valence-corrected chi connectivity index (χ3v) is 5.01. The molecule has 2 rings (SSSR count). The molecule has 0 aliphatic rings. The van der Waals surface area contributed by atoms with E-state index < -0.39 is 4.92 Å². The van der Waals surface area contributed by atoms with Crippen molar-refractivity contribution < 1.29 is 19.2 Å². The highest BCUT2D eigenvalue weighted by Crippen LogP contribution is 2.36. The van der Waals surface area contributed by atoms with Crippen molar-refractivity contribution in [2.24, 2.45) is 0 Å². The minimum atomic E-state index is -0.396. The molecule has 0 aliphatic heterocycles. The molecule has 28 heavy (non-hydrogen) atoms. The van der Waals surface area contributed by atoms with Crippen LogP contribution in [0.15, 0.2) is 34.2 Å². The average molecular weight is 407 g/mol. The summed E-state index contributed by atoms with van der Waals surface area (Å²) in [6.07, 6.45) is 0. The summed E-state index contributed by atoms with van der Waals surface area (Å²) in [7, 11) is 0. The van der Waals surface area contributed by atoms with Crippen LogP contribution in [0.5, 0.6) is 0 Å². The predicted molar refractivity (Wildman–Crippen MR) is 105 cm³/mol. The highest BCUT2D eigenvalue weighted by Gasteiger charge is 2.20. The van der Waals surface area contributed by atoms with Crippen molar-refractivity contribution in [3.05, 3.63) is 45.9 Å². The Morgan fingerprint density at radius 3 is 2.71 bits per heavy atom. The van der Waals surface area contributed by atoms with Gasteiger partial charge in [-0.05, 0) is 18.9 Å². The Morgan fingerprint density at radius 2 is 2.11 bits per heavy atom. The number of ether oxygens (including phenoxy) is 2. The van der Waals surface area contributed by atoms with Gasteiger partial charge in [0.1, 0.15) is 24.1 Å². The van der Waals surface area contributed by atoms with Crippen LogP contribution in [0.4, 0.5) is 5.69 Å². The molecule has 1 aromatic heterocycles. The number of non-ortho nitro benzene ring substituents is 1. The summed E-state index contributed by atoms with van der Waals surface area (Å²) < 4.78 is 12.5. The van der Waals surface area contributed by atoms with Gasteiger partial charge in [0, 0.05) is 30.5 Å². The second-order valence-electron chi connectivity index (χ2n) is 6.37. The van der Waals surface area contributed by atoms with E-state index in [-0.39, 0.29) is 24.2 Å². The number of nitro groups is 1. The van der Waals surface area contributed by atoms with Crippen LogP contribution in [0.1, 0.15) is 45.1 Å². The van der Waals surface area contributed by atoms with Crippen molar-refractivity contribution in [1.29, 1.82) is 0 Å². The molecular formula is C19H25N3O5S. The molecule has 9 heteroatoms. The first-order chi connectivity index (χ1) is 13.3. The average Bonchev–Trinajstić information content (AvgIpc) is 2.99. The van der Waals surface area contributed by atoms with Gasteiger partial charge in [0.15, 0.2) is 0 Å². The maximum Gasteiger partial charge on any atom is 0.302 e. The van der Waals surface area contributed by atoms with Gasteiger partial charge in [-0.1, -0.05) is 31.7 Å². The normalized spacial score (nSPS) is 11.0. The number of nitro benzene ring substituents is 1. The predicted octanol–water partition coefficient (Wildman–Crippen LogP) is 4.17. The van der Waals surface area contributed by atoms with Crippen LogP contribution in [-0.2, 0) is 27.4 Å². The molecule has 0 radical (unpaired) electrons. The fourth-order valence-electron chi connectivity index (χ4n) is 2.60. The molecule has 1 aromatic carbocycles. The zero-order chi connectivity index (χ0) is 20.7. The van der Waals surface area contributed by atoms with Gasteiger partial charge in [-0.3, -0.25) is 14.9 Å². The first-order valence-corrected chi connectivity index (χ1v) is 9.87. The largest absolute Gasteiger partial charge is 0.463 e. The molecule has 0 unspecified atom stereocenters. The van der Waals surface area contributed by atoms with Crippen LogP contribution < -0.4 is 0 Å². The number of hydrogen-bond donors (Lipinski definition) is 0. The molecule has 0 aliphatic carbocycles.